The van der Waals surface area contributed by atoms with E-state index in [2.05, 4.69) is 44.0 Å². The van der Waals surface area contributed by atoms with E-state index in [-0.39, 0.29) is 11.6 Å². The molecule has 3 aromatic rings. The second kappa shape index (κ2) is 13.2. The average Bonchev–Trinajstić information content (AvgIpc) is 2.88. The van der Waals surface area contributed by atoms with Crippen LogP contribution in [0.3, 0.4) is 0 Å². The first-order chi connectivity index (χ1) is 17.7. The summed E-state index contributed by atoms with van der Waals surface area (Å²) in [4.78, 5) is 21.6. The highest BCUT2D eigenvalue weighted by atomic mass is 32.2. The lowest BCUT2D eigenvalue weighted by Gasteiger charge is -2.22. The van der Waals surface area contributed by atoms with Crippen LogP contribution in [0.4, 0.5) is 11.5 Å². The Bertz CT molecular complexity index is 1280. The van der Waals surface area contributed by atoms with Gasteiger partial charge in [0.1, 0.15) is 12.4 Å². The van der Waals surface area contributed by atoms with Crippen molar-refractivity contribution in [2.45, 2.75) is 50.1 Å². The van der Waals surface area contributed by atoms with Crippen molar-refractivity contribution in [1.82, 2.24) is 14.7 Å². The molecule has 9 nitrogen and oxygen atoms in total. The van der Waals surface area contributed by atoms with Crippen molar-refractivity contribution in [3.63, 3.8) is 0 Å². The van der Waals surface area contributed by atoms with Gasteiger partial charge in [-0.3, -0.25) is 4.79 Å². The first-order valence-electron chi connectivity index (χ1n) is 12.3. The summed E-state index contributed by atoms with van der Waals surface area (Å²) in [5, 5.41) is 11.7. The molecular weight excluding hydrogens is 490 g/mol. The number of rotatable bonds is 14. The van der Waals surface area contributed by atoms with Crippen LogP contribution >= 0.6 is 0 Å². The molecule has 0 aliphatic heterocycles. The van der Waals surface area contributed by atoms with Gasteiger partial charge in [0.25, 0.3) is 10.0 Å². The minimum atomic E-state index is -3.94. The summed E-state index contributed by atoms with van der Waals surface area (Å²) < 4.78 is 29.1. The zero-order valence-electron chi connectivity index (χ0n) is 21.5. The normalized spacial score (nSPS) is 12.2. The number of carboxylic acid groups (broad SMARTS) is 1. The van der Waals surface area contributed by atoms with Gasteiger partial charge in [-0.05, 0) is 60.7 Å². The molecule has 0 aliphatic rings. The molecule has 0 amide bonds. The van der Waals surface area contributed by atoms with Crippen molar-refractivity contribution in [3.05, 3.63) is 77.6 Å². The molecule has 0 fully saturated rings. The van der Waals surface area contributed by atoms with Crippen molar-refractivity contribution in [3.8, 4) is 0 Å². The summed E-state index contributed by atoms with van der Waals surface area (Å²) in [6.07, 6.45) is 6.20. The minimum Gasteiger partial charge on any atom is -0.480 e. The molecule has 0 bridgehead atoms. The summed E-state index contributed by atoms with van der Waals surface area (Å²) in [6, 6.07) is 15.3. The van der Waals surface area contributed by atoms with Crippen LogP contribution in [0.25, 0.3) is 0 Å². The summed E-state index contributed by atoms with van der Waals surface area (Å²) in [5.41, 5.74) is 3.77. The Kier molecular flexibility index (Phi) is 9.99. The number of sulfonamides is 1. The molecule has 10 heteroatoms. The maximum Gasteiger partial charge on any atom is 0.322 e. The highest BCUT2D eigenvalue weighted by molar-refractivity contribution is 7.89. The van der Waals surface area contributed by atoms with Gasteiger partial charge in [0.15, 0.2) is 5.03 Å². The number of hydrogen-bond acceptors (Lipinski definition) is 7. The number of pyridine rings is 2. The first kappa shape index (κ1) is 28.1. The van der Waals surface area contributed by atoms with E-state index in [1.54, 1.807) is 30.3 Å². The van der Waals surface area contributed by atoms with Crippen molar-refractivity contribution in [1.29, 1.82) is 0 Å². The highest BCUT2D eigenvalue weighted by Gasteiger charge is 2.24. The maximum absolute atomic E-state index is 13.2. The third kappa shape index (κ3) is 8.26. The fourth-order valence-electron chi connectivity index (χ4n) is 4.04. The number of unbranched alkanes of at least 4 members (excludes halogenated alkanes) is 2. The molecule has 0 aliphatic carbocycles. The van der Waals surface area contributed by atoms with Gasteiger partial charge in [-0.1, -0.05) is 44.0 Å². The Morgan fingerprint density at radius 3 is 2.57 bits per heavy atom. The number of carboxylic acids is 1. The second-order valence-corrected chi connectivity index (χ2v) is 10.7. The Labute approximate surface area is 219 Å². The number of nitrogens with one attached hydrogen (secondary N) is 2. The maximum atomic E-state index is 13.2. The van der Waals surface area contributed by atoms with E-state index < -0.39 is 22.0 Å². The molecular formula is C27H35N5O4S. The molecule has 1 atom stereocenters. The third-order valence-corrected chi connectivity index (χ3v) is 7.27. The van der Waals surface area contributed by atoms with Crippen molar-refractivity contribution < 1.29 is 18.3 Å². The number of aryl methyl sites for hydroxylation is 1. The average molecular weight is 526 g/mol. The van der Waals surface area contributed by atoms with Gasteiger partial charge < -0.3 is 15.3 Å². The Morgan fingerprint density at radius 2 is 1.89 bits per heavy atom. The quantitative estimate of drug-likeness (QED) is 0.270. The zero-order valence-corrected chi connectivity index (χ0v) is 22.3. The van der Waals surface area contributed by atoms with E-state index >= 15 is 0 Å². The van der Waals surface area contributed by atoms with Crippen LogP contribution in [-0.2, 0) is 27.7 Å². The fraction of sp³-hybridized carbons (Fsp3) is 0.370. The van der Waals surface area contributed by atoms with Crippen molar-refractivity contribution >= 4 is 27.5 Å². The lowest BCUT2D eigenvalue weighted by atomic mass is 9.98. The molecule has 3 rings (SSSR count). The molecule has 0 saturated carbocycles. The highest BCUT2D eigenvalue weighted by Crippen LogP contribution is 2.27. The predicted molar refractivity (Wildman–Crippen MR) is 145 cm³/mol. The van der Waals surface area contributed by atoms with Crippen LogP contribution in [0.1, 0.15) is 49.0 Å². The number of carbonyl (C=O) groups is 1. The molecule has 3 N–H and O–H groups in total. The van der Waals surface area contributed by atoms with Gasteiger partial charge >= 0.3 is 5.97 Å². The molecule has 198 valence electrons. The lowest BCUT2D eigenvalue weighted by Crippen LogP contribution is -2.31. The summed E-state index contributed by atoms with van der Waals surface area (Å²) in [6.45, 7) is 1.88. The molecule has 0 saturated heterocycles. The van der Waals surface area contributed by atoms with E-state index in [9.17, 15) is 13.2 Å². The summed E-state index contributed by atoms with van der Waals surface area (Å²) in [7, 11) is 0.0637. The summed E-state index contributed by atoms with van der Waals surface area (Å²) in [5.74, 6) is -0.669. The van der Waals surface area contributed by atoms with E-state index in [4.69, 9.17) is 5.11 Å². The van der Waals surface area contributed by atoms with Gasteiger partial charge in [0.2, 0.25) is 0 Å². The molecule has 0 spiro atoms. The van der Waals surface area contributed by atoms with E-state index in [1.807, 2.05) is 20.2 Å². The molecule has 1 aromatic carbocycles. The standard InChI is InChI=1S/C27H35N5O4S/c1-4-5-6-10-21-15-14-20(18-24(21)32(2)3)17-23(31-37(35,36)26-13-7-8-16-28-26)22-11-9-12-25(30-22)29-19-27(33)34/h7-9,11-16,18,23,31H,4-6,10,17,19H2,1-3H3,(H,29,30)(H,33,34). The molecule has 2 aromatic heterocycles. The topological polar surface area (TPSA) is 125 Å². The Morgan fingerprint density at radius 1 is 1.08 bits per heavy atom. The summed E-state index contributed by atoms with van der Waals surface area (Å²) >= 11 is 0. The first-order valence-corrected chi connectivity index (χ1v) is 13.8. The smallest absolute Gasteiger partial charge is 0.322 e. The van der Waals surface area contributed by atoms with E-state index in [1.165, 1.54) is 24.2 Å². The van der Waals surface area contributed by atoms with Crippen molar-refractivity contribution in [2.75, 3.05) is 30.9 Å². The third-order valence-electron chi connectivity index (χ3n) is 5.88. The molecule has 2 heterocycles. The Balaban J connectivity index is 1.95. The monoisotopic (exact) mass is 525 g/mol. The largest absolute Gasteiger partial charge is 0.480 e. The van der Waals surface area contributed by atoms with E-state index in [0.29, 0.717) is 17.9 Å². The van der Waals surface area contributed by atoms with Gasteiger partial charge in [0.05, 0.1) is 11.7 Å². The van der Waals surface area contributed by atoms with Crippen LogP contribution in [0, 0.1) is 0 Å². The zero-order chi connectivity index (χ0) is 26.8. The number of hydrogen-bond donors (Lipinski definition) is 3. The van der Waals surface area contributed by atoms with Gasteiger partial charge in [0, 0.05) is 26.0 Å². The second-order valence-electron chi connectivity index (χ2n) is 9.06. The van der Waals surface area contributed by atoms with E-state index in [0.717, 1.165) is 30.5 Å². The lowest BCUT2D eigenvalue weighted by molar-refractivity contribution is -0.134. The van der Waals surface area contributed by atoms with Crippen LogP contribution in [0.5, 0.6) is 0 Å². The van der Waals surface area contributed by atoms with Crippen LogP contribution in [-0.4, -0.2) is 50.1 Å². The van der Waals surface area contributed by atoms with Crippen LogP contribution < -0.4 is 14.9 Å². The number of anilines is 2. The van der Waals surface area contributed by atoms with Crippen LogP contribution in [0.15, 0.2) is 65.8 Å². The molecule has 1 unspecified atom stereocenters. The number of benzene rings is 1. The number of aromatic nitrogens is 2. The Hall–Kier alpha value is -3.50. The SMILES string of the molecule is CCCCCc1ccc(CC(NS(=O)(=O)c2ccccn2)c2cccc(NCC(=O)O)n2)cc1N(C)C. The fourth-order valence-corrected chi connectivity index (χ4v) is 5.19. The number of nitrogens with zero attached hydrogens (tertiary/aromatic N) is 3. The molecule has 0 radical (unpaired) electrons. The van der Waals surface area contributed by atoms with Crippen LogP contribution in [0.2, 0.25) is 0 Å². The molecule has 37 heavy (non-hydrogen) atoms. The predicted octanol–water partition coefficient (Wildman–Crippen LogP) is 4.03. The van der Waals surface area contributed by atoms with Crippen molar-refractivity contribution in [2.24, 2.45) is 0 Å². The van der Waals surface area contributed by atoms with Gasteiger partial charge in [-0.25, -0.2) is 23.1 Å². The van der Waals surface area contributed by atoms with Gasteiger partial charge in [-0.2, -0.15) is 0 Å². The van der Waals surface area contributed by atoms with Gasteiger partial charge in [-0.15, -0.1) is 0 Å². The minimum absolute atomic E-state index is 0.0830. The number of aliphatic carboxylic acids is 1.